The molecule has 2 aromatic heterocycles. The molecule has 0 aromatic carbocycles. The molecule has 0 aliphatic carbocycles. The Morgan fingerprint density at radius 1 is 1.36 bits per heavy atom. The van der Waals surface area contributed by atoms with E-state index in [-0.39, 0.29) is 6.10 Å². The molecule has 1 fully saturated rings. The highest BCUT2D eigenvalue weighted by molar-refractivity contribution is 5.13. The zero-order valence-corrected chi connectivity index (χ0v) is 12.9. The van der Waals surface area contributed by atoms with Crippen LogP contribution in [0, 0.1) is 6.92 Å². The fourth-order valence-corrected chi connectivity index (χ4v) is 2.58. The van der Waals surface area contributed by atoms with E-state index < -0.39 is 0 Å². The molecule has 0 N–H and O–H groups in total. The van der Waals surface area contributed by atoms with E-state index in [9.17, 15) is 0 Å². The van der Waals surface area contributed by atoms with Gasteiger partial charge >= 0.3 is 6.01 Å². The molecular formula is C15H20N4O3. The Labute approximate surface area is 129 Å². The summed E-state index contributed by atoms with van der Waals surface area (Å²) in [5.41, 5.74) is 0.909. The minimum atomic E-state index is 0.0890. The van der Waals surface area contributed by atoms with Crippen LogP contribution in [-0.2, 0) is 6.54 Å². The maximum absolute atomic E-state index is 5.86. The number of hydrogen-bond donors (Lipinski definition) is 0. The van der Waals surface area contributed by atoms with Crippen LogP contribution < -0.4 is 9.47 Å². The lowest BCUT2D eigenvalue weighted by molar-refractivity contribution is 0.0719. The van der Waals surface area contributed by atoms with Crippen molar-refractivity contribution in [3.63, 3.8) is 0 Å². The van der Waals surface area contributed by atoms with E-state index in [1.165, 1.54) is 0 Å². The first-order chi connectivity index (χ1) is 10.7. The highest BCUT2D eigenvalue weighted by Gasteiger charge is 2.23. The van der Waals surface area contributed by atoms with Crippen molar-refractivity contribution in [2.75, 3.05) is 20.2 Å². The standard InChI is InChI=1S/C15H20N4O3/c1-11-6-13(22-18-11)10-19-5-3-4-12(9-19)21-15-16-7-14(20-2)8-17-15/h6-8,12H,3-5,9-10H2,1-2H3. The number of nitrogens with zero attached hydrogens (tertiary/aromatic N) is 4. The minimum Gasteiger partial charge on any atom is -0.494 e. The third kappa shape index (κ3) is 3.73. The summed E-state index contributed by atoms with van der Waals surface area (Å²) in [5.74, 6) is 1.51. The minimum absolute atomic E-state index is 0.0890. The monoisotopic (exact) mass is 304 g/mol. The lowest BCUT2D eigenvalue weighted by Crippen LogP contribution is -2.40. The molecule has 0 saturated carbocycles. The zero-order chi connectivity index (χ0) is 15.4. The second kappa shape index (κ2) is 6.74. The lowest BCUT2D eigenvalue weighted by Gasteiger charge is -2.31. The Morgan fingerprint density at radius 3 is 2.86 bits per heavy atom. The van der Waals surface area contributed by atoms with Crippen molar-refractivity contribution < 1.29 is 14.0 Å². The molecule has 1 unspecified atom stereocenters. The van der Waals surface area contributed by atoms with Gasteiger partial charge < -0.3 is 14.0 Å². The largest absolute Gasteiger partial charge is 0.494 e. The molecule has 1 atom stereocenters. The number of methoxy groups -OCH3 is 1. The summed E-state index contributed by atoms with van der Waals surface area (Å²) in [6.07, 6.45) is 5.39. The Balaban J connectivity index is 1.55. The van der Waals surface area contributed by atoms with Crippen LogP contribution in [0.5, 0.6) is 11.8 Å². The second-order valence-electron chi connectivity index (χ2n) is 5.46. The van der Waals surface area contributed by atoms with Crippen molar-refractivity contribution in [2.45, 2.75) is 32.4 Å². The number of piperidine rings is 1. The molecule has 118 valence electrons. The highest BCUT2D eigenvalue weighted by atomic mass is 16.5. The van der Waals surface area contributed by atoms with Crippen LogP contribution >= 0.6 is 0 Å². The number of ether oxygens (including phenoxy) is 2. The van der Waals surface area contributed by atoms with Gasteiger partial charge in [-0.15, -0.1) is 0 Å². The van der Waals surface area contributed by atoms with E-state index in [1.807, 2.05) is 13.0 Å². The number of rotatable bonds is 5. The van der Waals surface area contributed by atoms with Gasteiger partial charge in [-0.2, -0.15) is 9.97 Å². The molecule has 0 spiro atoms. The van der Waals surface area contributed by atoms with Crippen molar-refractivity contribution >= 4 is 0 Å². The first-order valence-electron chi connectivity index (χ1n) is 7.40. The van der Waals surface area contributed by atoms with Gasteiger partial charge in [0, 0.05) is 12.6 Å². The van der Waals surface area contributed by atoms with E-state index in [2.05, 4.69) is 20.0 Å². The molecule has 0 amide bonds. The third-order valence-electron chi connectivity index (χ3n) is 3.63. The smallest absolute Gasteiger partial charge is 0.316 e. The first kappa shape index (κ1) is 14.8. The van der Waals surface area contributed by atoms with Crippen molar-refractivity contribution in [3.8, 4) is 11.8 Å². The fraction of sp³-hybridized carbons (Fsp3) is 0.533. The average molecular weight is 304 g/mol. The summed E-state index contributed by atoms with van der Waals surface area (Å²) in [7, 11) is 1.59. The summed E-state index contributed by atoms with van der Waals surface area (Å²) < 4.78 is 16.2. The zero-order valence-electron chi connectivity index (χ0n) is 12.9. The Kier molecular flexibility index (Phi) is 4.53. The van der Waals surface area contributed by atoms with Gasteiger partial charge in [0.2, 0.25) is 0 Å². The third-order valence-corrected chi connectivity index (χ3v) is 3.63. The predicted molar refractivity (Wildman–Crippen MR) is 78.8 cm³/mol. The van der Waals surface area contributed by atoms with E-state index in [0.717, 1.165) is 43.9 Å². The van der Waals surface area contributed by atoms with Crippen LogP contribution in [0.25, 0.3) is 0 Å². The van der Waals surface area contributed by atoms with Gasteiger partial charge in [0.1, 0.15) is 6.10 Å². The fourth-order valence-electron chi connectivity index (χ4n) is 2.58. The van der Waals surface area contributed by atoms with Crippen molar-refractivity contribution in [2.24, 2.45) is 0 Å². The molecule has 22 heavy (non-hydrogen) atoms. The van der Waals surface area contributed by atoms with E-state index in [1.54, 1.807) is 19.5 Å². The normalized spacial score (nSPS) is 19.1. The van der Waals surface area contributed by atoms with Gasteiger partial charge in [-0.05, 0) is 26.3 Å². The Bertz CT molecular complexity index is 599. The van der Waals surface area contributed by atoms with Gasteiger partial charge in [0.05, 0.1) is 31.7 Å². The molecule has 1 saturated heterocycles. The van der Waals surface area contributed by atoms with Crippen LogP contribution in [0.15, 0.2) is 23.0 Å². The van der Waals surface area contributed by atoms with Crippen LogP contribution in [0.2, 0.25) is 0 Å². The van der Waals surface area contributed by atoms with E-state index in [4.69, 9.17) is 14.0 Å². The maximum Gasteiger partial charge on any atom is 0.316 e. The highest BCUT2D eigenvalue weighted by Crippen LogP contribution is 2.18. The molecule has 7 heteroatoms. The topological polar surface area (TPSA) is 73.5 Å². The maximum atomic E-state index is 5.86. The quantitative estimate of drug-likeness (QED) is 0.834. The molecule has 1 aliphatic heterocycles. The average Bonchev–Trinajstić information content (AvgIpc) is 2.93. The first-order valence-corrected chi connectivity index (χ1v) is 7.40. The summed E-state index contributed by atoms with van der Waals surface area (Å²) in [6, 6.07) is 2.36. The number of aromatic nitrogens is 3. The molecule has 0 bridgehead atoms. The summed E-state index contributed by atoms with van der Waals surface area (Å²) >= 11 is 0. The summed E-state index contributed by atoms with van der Waals surface area (Å²) in [6.45, 7) is 4.54. The molecule has 2 aromatic rings. The molecule has 3 heterocycles. The van der Waals surface area contributed by atoms with E-state index in [0.29, 0.717) is 11.8 Å². The Morgan fingerprint density at radius 2 is 2.18 bits per heavy atom. The predicted octanol–water partition coefficient (Wildman–Crippen LogP) is 1.83. The van der Waals surface area contributed by atoms with Gasteiger partial charge in [0.25, 0.3) is 0 Å². The van der Waals surface area contributed by atoms with Crippen LogP contribution in [0.4, 0.5) is 0 Å². The lowest BCUT2D eigenvalue weighted by atomic mass is 10.1. The van der Waals surface area contributed by atoms with Gasteiger partial charge in [-0.3, -0.25) is 4.90 Å². The molecule has 1 aliphatic rings. The van der Waals surface area contributed by atoms with Crippen molar-refractivity contribution in [3.05, 3.63) is 29.9 Å². The van der Waals surface area contributed by atoms with Crippen LogP contribution in [0.1, 0.15) is 24.3 Å². The van der Waals surface area contributed by atoms with Gasteiger partial charge in [-0.25, -0.2) is 0 Å². The SMILES string of the molecule is COc1cnc(OC2CCCN(Cc3cc(C)no3)C2)nc1. The van der Waals surface area contributed by atoms with Gasteiger partial charge in [0.15, 0.2) is 11.5 Å². The molecule has 0 radical (unpaired) electrons. The number of hydrogen-bond acceptors (Lipinski definition) is 7. The van der Waals surface area contributed by atoms with Gasteiger partial charge in [-0.1, -0.05) is 5.16 Å². The summed E-state index contributed by atoms with van der Waals surface area (Å²) in [5, 5.41) is 3.92. The van der Waals surface area contributed by atoms with Crippen LogP contribution in [-0.4, -0.2) is 46.3 Å². The van der Waals surface area contributed by atoms with Crippen LogP contribution in [0.3, 0.4) is 0 Å². The Hall–Kier alpha value is -2.15. The summed E-state index contributed by atoms with van der Waals surface area (Å²) in [4.78, 5) is 10.6. The number of aryl methyl sites for hydroxylation is 1. The molecular weight excluding hydrogens is 284 g/mol. The molecule has 7 nitrogen and oxygen atoms in total. The van der Waals surface area contributed by atoms with Crippen molar-refractivity contribution in [1.82, 2.24) is 20.0 Å². The molecule has 3 rings (SSSR count). The number of likely N-dealkylation sites (tertiary alicyclic amines) is 1. The second-order valence-corrected chi connectivity index (χ2v) is 5.46. The van der Waals surface area contributed by atoms with E-state index >= 15 is 0 Å². The van der Waals surface area contributed by atoms with Crippen molar-refractivity contribution in [1.29, 1.82) is 0 Å².